The Hall–Kier alpha value is -2.77. The van der Waals surface area contributed by atoms with Gasteiger partial charge in [-0.25, -0.2) is 17.6 Å². The number of rotatable bonds is 6. The number of aryl methyl sites for hydroxylation is 1. The quantitative estimate of drug-likeness (QED) is 0.251. The van der Waals surface area contributed by atoms with Gasteiger partial charge >= 0.3 is 6.36 Å². The predicted octanol–water partition coefficient (Wildman–Crippen LogP) is 8.65. The Bertz CT molecular complexity index is 1190. The summed E-state index contributed by atoms with van der Waals surface area (Å²) in [7, 11) is 0. The third-order valence-electron chi connectivity index (χ3n) is 6.40. The van der Waals surface area contributed by atoms with E-state index in [2.05, 4.69) is 11.7 Å². The highest BCUT2D eigenvalue weighted by Crippen LogP contribution is 2.39. The number of unbranched alkanes of at least 4 members (excludes halogenated alkanes) is 2. The number of halogens is 7. The van der Waals surface area contributed by atoms with E-state index in [0.29, 0.717) is 23.4 Å². The molecule has 0 radical (unpaired) electrons. The van der Waals surface area contributed by atoms with Crippen LogP contribution in [0.25, 0.3) is 21.9 Å². The highest BCUT2D eigenvalue weighted by Gasteiger charge is 2.34. The lowest BCUT2D eigenvalue weighted by Gasteiger charge is -2.25. The van der Waals surface area contributed by atoms with Crippen LogP contribution in [0.15, 0.2) is 30.3 Å². The van der Waals surface area contributed by atoms with Gasteiger partial charge in [0, 0.05) is 5.39 Å². The lowest BCUT2D eigenvalue weighted by atomic mass is 9.80. The van der Waals surface area contributed by atoms with E-state index in [1.807, 2.05) is 0 Å². The Morgan fingerprint density at radius 2 is 1.59 bits per heavy atom. The van der Waals surface area contributed by atoms with Crippen molar-refractivity contribution in [3.05, 3.63) is 64.7 Å². The van der Waals surface area contributed by atoms with E-state index in [4.69, 9.17) is 0 Å². The van der Waals surface area contributed by atoms with Crippen molar-refractivity contribution in [2.24, 2.45) is 5.92 Å². The largest absolute Gasteiger partial charge is 0.573 e. The average molecular weight is 484 g/mol. The molecule has 0 aliphatic heterocycles. The molecule has 0 spiro atoms. The molecule has 0 bridgehead atoms. The molecule has 0 saturated carbocycles. The molecule has 1 atom stereocenters. The van der Waals surface area contributed by atoms with Crippen molar-refractivity contribution in [2.75, 3.05) is 0 Å². The number of hydrogen-bond donors (Lipinski definition) is 0. The maximum atomic E-state index is 15.4. The molecule has 0 N–H and O–H groups in total. The van der Waals surface area contributed by atoms with Crippen molar-refractivity contribution in [2.45, 2.75) is 58.2 Å². The van der Waals surface area contributed by atoms with E-state index in [1.54, 1.807) is 12.1 Å². The first kappa shape index (κ1) is 24.4. The zero-order chi connectivity index (χ0) is 24.6. The van der Waals surface area contributed by atoms with Crippen LogP contribution in [0.4, 0.5) is 30.7 Å². The SMILES string of the molecule is CCCCCC1CCc2cc3c(F)c(-c4cc(F)c(OC(F)(F)F)c(F)c4)c(F)cc3cc2C1. The smallest absolute Gasteiger partial charge is 0.399 e. The molecule has 1 aliphatic carbocycles. The molecular weight excluding hydrogens is 461 g/mol. The van der Waals surface area contributed by atoms with Crippen molar-refractivity contribution in [3.8, 4) is 16.9 Å². The summed E-state index contributed by atoms with van der Waals surface area (Å²) in [6.07, 6.45) is 1.80. The van der Waals surface area contributed by atoms with Gasteiger partial charge in [-0.3, -0.25) is 0 Å². The molecule has 0 amide bonds. The lowest BCUT2D eigenvalue weighted by Crippen LogP contribution is -2.19. The maximum Gasteiger partial charge on any atom is 0.573 e. The molecule has 3 aromatic rings. The first-order chi connectivity index (χ1) is 16.1. The summed E-state index contributed by atoms with van der Waals surface area (Å²) in [4.78, 5) is 0. The molecule has 1 unspecified atom stereocenters. The van der Waals surface area contributed by atoms with E-state index in [1.165, 1.54) is 6.42 Å². The Morgan fingerprint density at radius 3 is 2.24 bits per heavy atom. The maximum absolute atomic E-state index is 15.4. The Morgan fingerprint density at radius 1 is 0.882 bits per heavy atom. The van der Waals surface area contributed by atoms with Crippen molar-refractivity contribution in [1.82, 2.24) is 0 Å². The predicted molar refractivity (Wildman–Crippen MR) is 116 cm³/mol. The molecule has 4 rings (SSSR count). The first-order valence-corrected chi connectivity index (χ1v) is 11.3. The molecule has 1 aliphatic rings. The summed E-state index contributed by atoms with van der Waals surface area (Å²) in [5, 5.41) is 0.417. The Balaban J connectivity index is 1.72. The molecule has 0 fully saturated rings. The van der Waals surface area contributed by atoms with E-state index in [0.717, 1.165) is 55.7 Å². The molecule has 34 heavy (non-hydrogen) atoms. The summed E-state index contributed by atoms with van der Waals surface area (Å²) in [6.45, 7) is 2.15. The van der Waals surface area contributed by atoms with Crippen LogP contribution in [-0.4, -0.2) is 6.36 Å². The fraction of sp³-hybridized carbons (Fsp3) is 0.385. The second-order valence-electron chi connectivity index (χ2n) is 8.81. The number of hydrogen-bond acceptors (Lipinski definition) is 1. The fourth-order valence-corrected chi connectivity index (χ4v) is 4.77. The second-order valence-corrected chi connectivity index (χ2v) is 8.81. The number of benzene rings is 3. The summed E-state index contributed by atoms with van der Waals surface area (Å²) < 4.78 is 99.2. The van der Waals surface area contributed by atoms with Crippen LogP contribution in [0.1, 0.15) is 50.2 Å². The van der Waals surface area contributed by atoms with Gasteiger partial charge in [-0.2, -0.15) is 0 Å². The summed E-state index contributed by atoms with van der Waals surface area (Å²) in [5.74, 6) is -6.68. The van der Waals surface area contributed by atoms with E-state index >= 15 is 4.39 Å². The van der Waals surface area contributed by atoms with Crippen LogP contribution in [0, 0.1) is 29.2 Å². The standard InChI is InChI=1S/C26H23F7O/c1-2-3-4-5-14-6-7-15-10-19-17(9-16(15)8-14)11-20(27)23(24(19)30)18-12-21(28)25(22(29)13-18)34-26(31,32)33/h9-14H,2-8H2,1H3. The van der Waals surface area contributed by atoms with Crippen molar-refractivity contribution < 1.29 is 35.5 Å². The topological polar surface area (TPSA) is 9.23 Å². The van der Waals surface area contributed by atoms with E-state index in [-0.39, 0.29) is 5.39 Å². The molecule has 1 nitrogen and oxygen atoms in total. The Labute approximate surface area is 192 Å². The van der Waals surface area contributed by atoms with Gasteiger partial charge in [-0.05, 0) is 71.5 Å². The van der Waals surface area contributed by atoms with Crippen LogP contribution in [0.2, 0.25) is 0 Å². The second kappa shape index (κ2) is 9.47. The third kappa shape index (κ3) is 5.00. The van der Waals surface area contributed by atoms with Crippen molar-refractivity contribution >= 4 is 10.8 Å². The van der Waals surface area contributed by atoms with E-state index in [9.17, 15) is 26.3 Å². The molecule has 8 heteroatoms. The average Bonchev–Trinajstić information content (AvgIpc) is 2.75. The summed E-state index contributed by atoms with van der Waals surface area (Å²) in [5.41, 5.74) is 0.715. The summed E-state index contributed by atoms with van der Waals surface area (Å²) in [6, 6.07) is 5.34. The van der Waals surface area contributed by atoms with Crippen LogP contribution >= 0.6 is 0 Å². The van der Waals surface area contributed by atoms with Crippen molar-refractivity contribution in [1.29, 1.82) is 0 Å². The van der Waals surface area contributed by atoms with Crippen LogP contribution < -0.4 is 4.74 Å². The lowest BCUT2D eigenvalue weighted by molar-refractivity contribution is -0.276. The molecule has 0 aromatic heterocycles. The van der Waals surface area contributed by atoms with Gasteiger partial charge in [-0.15, -0.1) is 13.2 Å². The molecule has 182 valence electrons. The number of fused-ring (bicyclic) bond motifs is 2. The molecule has 0 saturated heterocycles. The zero-order valence-electron chi connectivity index (χ0n) is 18.5. The van der Waals surface area contributed by atoms with Crippen LogP contribution in [-0.2, 0) is 12.8 Å². The minimum Gasteiger partial charge on any atom is -0.399 e. The first-order valence-electron chi connectivity index (χ1n) is 11.3. The fourth-order valence-electron chi connectivity index (χ4n) is 4.77. The highest BCUT2D eigenvalue weighted by atomic mass is 19.4. The zero-order valence-corrected chi connectivity index (χ0v) is 18.5. The van der Waals surface area contributed by atoms with Crippen LogP contribution in [0.5, 0.6) is 5.75 Å². The van der Waals surface area contributed by atoms with Gasteiger partial charge in [0.15, 0.2) is 11.6 Å². The van der Waals surface area contributed by atoms with Gasteiger partial charge in [-0.1, -0.05) is 38.7 Å². The molecular formula is C26H23F7O. The molecule has 3 aromatic carbocycles. The van der Waals surface area contributed by atoms with Gasteiger partial charge < -0.3 is 4.74 Å². The normalized spacial score (nSPS) is 16.1. The molecule has 0 heterocycles. The van der Waals surface area contributed by atoms with Crippen LogP contribution in [0.3, 0.4) is 0 Å². The van der Waals surface area contributed by atoms with Crippen molar-refractivity contribution in [3.63, 3.8) is 0 Å². The van der Waals surface area contributed by atoms with Gasteiger partial charge in [0.05, 0.1) is 5.56 Å². The van der Waals surface area contributed by atoms with Gasteiger partial charge in [0.2, 0.25) is 5.75 Å². The minimum atomic E-state index is -5.32. The minimum absolute atomic E-state index is 0.0935. The van der Waals surface area contributed by atoms with Gasteiger partial charge in [0.25, 0.3) is 0 Å². The number of ether oxygens (including phenoxy) is 1. The Kier molecular flexibility index (Phi) is 6.78. The highest BCUT2D eigenvalue weighted by molar-refractivity contribution is 5.90. The number of alkyl halides is 3. The monoisotopic (exact) mass is 484 g/mol. The third-order valence-corrected chi connectivity index (χ3v) is 6.40. The van der Waals surface area contributed by atoms with E-state index < -0.39 is 46.5 Å². The van der Waals surface area contributed by atoms with Gasteiger partial charge in [0.1, 0.15) is 11.6 Å². The summed E-state index contributed by atoms with van der Waals surface area (Å²) >= 11 is 0.